The summed E-state index contributed by atoms with van der Waals surface area (Å²) >= 11 is 0. The zero-order chi connectivity index (χ0) is 19.8. The smallest absolute Gasteiger partial charge is 0.222 e. The molecule has 29 heavy (non-hydrogen) atoms. The lowest BCUT2D eigenvalue weighted by atomic mass is 9.95. The van der Waals surface area contributed by atoms with Crippen molar-refractivity contribution in [1.82, 2.24) is 29.5 Å². The zero-order valence-corrected chi connectivity index (χ0v) is 17.0. The quantitative estimate of drug-likeness (QED) is 0.741. The predicted octanol–water partition coefficient (Wildman–Crippen LogP) is 2.54. The Labute approximate surface area is 170 Å². The molecule has 2 aromatic heterocycles. The van der Waals surface area contributed by atoms with Gasteiger partial charge in [0.1, 0.15) is 11.6 Å². The van der Waals surface area contributed by atoms with E-state index < -0.39 is 0 Å². The molecule has 0 atom stereocenters. The van der Waals surface area contributed by atoms with Gasteiger partial charge in [-0.2, -0.15) is 0 Å². The minimum absolute atomic E-state index is 0.263. The molecule has 1 aromatic carbocycles. The van der Waals surface area contributed by atoms with Gasteiger partial charge in [-0.3, -0.25) is 9.69 Å². The number of rotatable bonds is 4. The van der Waals surface area contributed by atoms with Crippen LogP contribution in [-0.4, -0.2) is 62.1 Å². The fraction of sp³-hybridized carbons (Fsp3) is 0.500. The number of para-hydroxylation sites is 1. The minimum atomic E-state index is 0.263. The fourth-order valence-electron chi connectivity index (χ4n) is 4.73. The highest BCUT2D eigenvalue weighted by molar-refractivity contribution is 5.84. The van der Waals surface area contributed by atoms with E-state index in [1.165, 1.54) is 10.9 Å². The molecule has 2 aliphatic rings. The van der Waals surface area contributed by atoms with Gasteiger partial charge >= 0.3 is 0 Å². The van der Waals surface area contributed by atoms with E-state index in [4.69, 9.17) is 0 Å². The normalized spacial score (nSPS) is 18.3. The van der Waals surface area contributed by atoms with Crippen molar-refractivity contribution in [2.75, 3.05) is 26.7 Å². The number of nitrogens with zero attached hydrogens (tertiary/aromatic N) is 5. The fourth-order valence-corrected chi connectivity index (χ4v) is 4.73. The molecule has 0 aliphatic carbocycles. The lowest BCUT2D eigenvalue weighted by Gasteiger charge is -2.32. The average molecular weight is 393 g/mol. The largest absolute Gasteiger partial charge is 0.361 e. The summed E-state index contributed by atoms with van der Waals surface area (Å²) in [6, 6.07) is 8.27. The number of carbonyl (C=O) groups is 1. The van der Waals surface area contributed by atoms with Crippen molar-refractivity contribution in [3.63, 3.8) is 0 Å². The topological polar surface area (TPSA) is 70.1 Å². The molecule has 0 unspecified atom stereocenters. The van der Waals surface area contributed by atoms with Crippen LogP contribution in [0, 0.1) is 0 Å². The molecule has 1 amide bonds. The second-order valence-electron chi connectivity index (χ2n) is 8.38. The summed E-state index contributed by atoms with van der Waals surface area (Å²) in [6.45, 7) is 4.53. The van der Waals surface area contributed by atoms with Gasteiger partial charge in [0.05, 0.1) is 6.54 Å². The highest BCUT2D eigenvalue weighted by Gasteiger charge is 2.29. The lowest BCUT2D eigenvalue weighted by Crippen LogP contribution is -2.39. The molecule has 1 fully saturated rings. The van der Waals surface area contributed by atoms with Crippen LogP contribution in [0.4, 0.5) is 0 Å². The Kier molecular flexibility index (Phi) is 4.83. The van der Waals surface area contributed by atoms with Gasteiger partial charge in [-0.1, -0.05) is 18.2 Å². The standard InChI is InChI=1S/C22H28N6O/c1-26-12-13-28-20(15-26)24-25-22(28)16-8-10-27(11-9-16)21(29)7-6-17-14-23-19-5-3-2-4-18(17)19/h2-5,14,16,23H,6-13,15H2,1H3. The van der Waals surface area contributed by atoms with Crippen LogP contribution in [0.3, 0.4) is 0 Å². The summed E-state index contributed by atoms with van der Waals surface area (Å²) in [5.41, 5.74) is 2.36. The predicted molar refractivity (Wildman–Crippen MR) is 112 cm³/mol. The van der Waals surface area contributed by atoms with Crippen molar-refractivity contribution < 1.29 is 4.79 Å². The van der Waals surface area contributed by atoms with Crippen LogP contribution in [0.5, 0.6) is 0 Å². The number of amides is 1. The molecule has 0 saturated carbocycles. The first kappa shape index (κ1) is 18.4. The molecule has 7 heteroatoms. The molecule has 0 spiro atoms. The second-order valence-corrected chi connectivity index (χ2v) is 8.38. The van der Waals surface area contributed by atoms with Crippen LogP contribution in [0.25, 0.3) is 10.9 Å². The second kappa shape index (κ2) is 7.63. The van der Waals surface area contributed by atoms with E-state index in [1.54, 1.807) is 0 Å². The van der Waals surface area contributed by atoms with Crippen molar-refractivity contribution in [3.05, 3.63) is 47.7 Å². The number of benzene rings is 1. The van der Waals surface area contributed by atoms with Gasteiger partial charge in [-0.05, 0) is 37.9 Å². The zero-order valence-electron chi connectivity index (χ0n) is 17.0. The Hall–Kier alpha value is -2.67. The van der Waals surface area contributed by atoms with Gasteiger partial charge < -0.3 is 14.5 Å². The number of carbonyl (C=O) groups excluding carboxylic acids is 1. The number of hydrogen-bond acceptors (Lipinski definition) is 4. The Bertz CT molecular complexity index is 1010. The van der Waals surface area contributed by atoms with Gasteiger partial charge in [0.2, 0.25) is 5.91 Å². The third-order valence-electron chi connectivity index (χ3n) is 6.47. The molecule has 4 heterocycles. The summed E-state index contributed by atoms with van der Waals surface area (Å²) in [5.74, 6) is 2.88. The van der Waals surface area contributed by atoms with Crippen LogP contribution >= 0.6 is 0 Å². The summed E-state index contributed by atoms with van der Waals surface area (Å²) in [6.07, 6.45) is 5.35. The first-order chi connectivity index (χ1) is 14.2. The summed E-state index contributed by atoms with van der Waals surface area (Å²) in [4.78, 5) is 20.4. The highest BCUT2D eigenvalue weighted by Crippen LogP contribution is 2.29. The molecule has 152 valence electrons. The number of likely N-dealkylation sites (N-methyl/N-ethyl adjacent to an activating group) is 1. The maximum absolute atomic E-state index is 12.8. The van der Waals surface area contributed by atoms with Crippen LogP contribution in [-0.2, 0) is 24.3 Å². The molecule has 1 N–H and O–H groups in total. The number of hydrogen-bond donors (Lipinski definition) is 1. The van der Waals surface area contributed by atoms with E-state index in [0.29, 0.717) is 12.3 Å². The van der Waals surface area contributed by atoms with Crippen molar-refractivity contribution in [1.29, 1.82) is 0 Å². The SMILES string of the molecule is CN1CCn2c(nnc2C2CCN(C(=O)CCc3c[nH]c4ccccc34)CC2)C1. The summed E-state index contributed by atoms with van der Waals surface area (Å²) < 4.78 is 2.30. The summed E-state index contributed by atoms with van der Waals surface area (Å²) in [5, 5.41) is 10.1. The molecular weight excluding hydrogens is 364 g/mol. The molecule has 5 rings (SSSR count). The molecule has 0 radical (unpaired) electrons. The molecule has 2 aliphatic heterocycles. The average Bonchev–Trinajstić information content (AvgIpc) is 3.36. The number of H-pyrrole nitrogens is 1. The van der Waals surface area contributed by atoms with Gasteiger partial charge in [-0.25, -0.2) is 0 Å². The molecule has 0 bridgehead atoms. The first-order valence-corrected chi connectivity index (χ1v) is 10.6. The van der Waals surface area contributed by atoms with Gasteiger partial charge in [0.25, 0.3) is 0 Å². The highest BCUT2D eigenvalue weighted by atomic mass is 16.2. The number of nitrogens with one attached hydrogen (secondary N) is 1. The van der Waals surface area contributed by atoms with Gasteiger partial charge in [0, 0.05) is 55.6 Å². The number of piperidine rings is 1. The van der Waals surface area contributed by atoms with Crippen molar-refractivity contribution in [2.45, 2.75) is 44.7 Å². The van der Waals surface area contributed by atoms with Crippen LogP contribution in [0.15, 0.2) is 30.5 Å². The van der Waals surface area contributed by atoms with Crippen molar-refractivity contribution >= 4 is 16.8 Å². The number of aromatic nitrogens is 4. The number of aromatic amines is 1. The summed E-state index contributed by atoms with van der Waals surface area (Å²) in [7, 11) is 2.12. The van der Waals surface area contributed by atoms with Crippen molar-refractivity contribution in [3.8, 4) is 0 Å². The number of fused-ring (bicyclic) bond motifs is 2. The Morgan fingerprint density at radius 3 is 2.83 bits per heavy atom. The Balaban J connectivity index is 1.17. The van der Waals surface area contributed by atoms with E-state index in [2.05, 4.69) is 43.8 Å². The third-order valence-corrected chi connectivity index (χ3v) is 6.47. The van der Waals surface area contributed by atoms with Gasteiger partial charge in [0.15, 0.2) is 0 Å². The minimum Gasteiger partial charge on any atom is -0.361 e. The van der Waals surface area contributed by atoms with Crippen molar-refractivity contribution in [2.24, 2.45) is 0 Å². The molecular formula is C22H28N6O. The van der Waals surface area contributed by atoms with Gasteiger partial charge in [-0.15, -0.1) is 10.2 Å². The Morgan fingerprint density at radius 1 is 1.14 bits per heavy atom. The van der Waals surface area contributed by atoms with Crippen LogP contribution in [0.2, 0.25) is 0 Å². The van der Waals surface area contributed by atoms with Crippen LogP contribution in [0.1, 0.15) is 42.4 Å². The van der Waals surface area contributed by atoms with E-state index in [-0.39, 0.29) is 5.91 Å². The van der Waals surface area contributed by atoms with E-state index in [0.717, 1.165) is 69.2 Å². The van der Waals surface area contributed by atoms with Crippen LogP contribution < -0.4 is 0 Å². The number of aryl methyl sites for hydroxylation is 1. The molecule has 1 saturated heterocycles. The molecule has 7 nitrogen and oxygen atoms in total. The van der Waals surface area contributed by atoms with E-state index >= 15 is 0 Å². The first-order valence-electron chi connectivity index (χ1n) is 10.6. The lowest BCUT2D eigenvalue weighted by molar-refractivity contribution is -0.132. The maximum Gasteiger partial charge on any atom is 0.222 e. The van der Waals surface area contributed by atoms with E-state index in [9.17, 15) is 4.79 Å². The Morgan fingerprint density at radius 2 is 1.97 bits per heavy atom. The van der Waals surface area contributed by atoms with E-state index in [1.807, 2.05) is 23.2 Å². The molecule has 3 aromatic rings. The third kappa shape index (κ3) is 3.55. The number of likely N-dealkylation sites (tertiary alicyclic amines) is 1. The maximum atomic E-state index is 12.8. The monoisotopic (exact) mass is 392 g/mol.